The Morgan fingerprint density at radius 2 is 1.69 bits per heavy atom. The van der Waals surface area contributed by atoms with Gasteiger partial charge in [-0.1, -0.05) is 30.3 Å². The first-order chi connectivity index (χ1) is 13.5. The molecule has 0 aromatic heterocycles. The molecule has 8 heteroatoms. The van der Waals surface area contributed by atoms with Crippen LogP contribution in [0.5, 0.6) is 0 Å². The van der Waals surface area contributed by atoms with Crippen molar-refractivity contribution >= 4 is 28.3 Å². The van der Waals surface area contributed by atoms with Crippen LogP contribution in [0.3, 0.4) is 0 Å². The van der Waals surface area contributed by atoms with E-state index in [1.54, 1.807) is 12.1 Å². The summed E-state index contributed by atoms with van der Waals surface area (Å²) in [6.45, 7) is 1.75. The second kappa shape index (κ2) is 8.83. The summed E-state index contributed by atoms with van der Waals surface area (Å²) in [4.78, 5) is 15.0. The van der Waals surface area contributed by atoms with Crippen molar-refractivity contribution in [2.24, 2.45) is 11.7 Å². The maximum Gasteiger partial charge on any atom is 0.253 e. The molecule has 0 bridgehead atoms. The minimum Gasteiger partial charge on any atom is -0.338 e. The van der Waals surface area contributed by atoms with Crippen LogP contribution in [-0.4, -0.2) is 44.9 Å². The van der Waals surface area contributed by atoms with E-state index in [4.69, 9.17) is 5.73 Å². The molecule has 0 spiro atoms. The summed E-state index contributed by atoms with van der Waals surface area (Å²) in [6.07, 6.45) is 1.77. The molecule has 1 saturated carbocycles. The third-order valence-corrected chi connectivity index (χ3v) is 7.11. The highest BCUT2D eigenvalue weighted by Gasteiger charge is 2.35. The summed E-state index contributed by atoms with van der Waals surface area (Å²) >= 11 is 0. The van der Waals surface area contributed by atoms with Gasteiger partial charge in [0.2, 0.25) is 10.0 Å². The van der Waals surface area contributed by atoms with Crippen LogP contribution in [0, 0.1) is 5.92 Å². The number of nitrogens with one attached hydrogen (secondary N) is 1. The summed E-state index contributed by atoms with van der Waals surface area (Å²) in [5, 5.41) is 0. The van der Waals surface area contributed by atoms with Crippen LogP contribution in [0.2, 0.25) is 0 Å². The lowest BCUT2D eigenvalue weighted by Crippen LogP contribution is -2.30. The fraction of sp³-hybridized carbons (Fsp3) is 0.381. The number of carbonyl (C=O) groups is 1. The van der Waals surface area contributed by atoms with Gasteiger partial charge in [0.1, 0.15) is 0 Å². The molecule has 2 fully saturated rings. The van der Waals surface area contributed by atoms with Crippen LogP contribution in [0.1, 0.15) is 34.7 Å². The van der Waals surface area contributed by atoms with Crippen molar-refractivity contribution in [3.8, 4) is 0 Å². The predicted octanol–water partition coefficient (Wildman–Crippen LogP) is 2.36. The van der Waals surface area contributed by atoms with Crippen molar-refractivity contribution in [1.82, 2.24) is 9.62 Å². The fourth-order valence-electron chi connectivity index (χ4n) is 3.80. The SMILES string of the molecule is Cl.NC[C@@H]1CN(C(=O)c2ccc(S(=O)(=O)NC3CC3)cc2)C[C@H]1c1ccccc1. The number of rotatable bonds is 6. The number of likely N-dealkylation sites (tertiary alicyclic amines) is 1. The van der Waals surface area contributed by atoms with E-state index >= 15 is 0 Å². The van der Waals surface area contributed by atoms with Gasteiger partial charge in [-0.2, -0.15) is 0 Å². The highest BCUT2D eigenvalue weighted by atomic mass is 35.5. The quantitative estimate of drug-likeness (QED) is 0.728. The van der Waals surface area contributed by atoms with E-state index in [0.717, 1.165) is 12.8 Å². The molecule has 3 N–H and O–H groups in total. The Morgan fingerprint density at radius 3 is 2.28 bits per heavy atom. The number of nitrogens with two attached hydrogens (primary N) is 1. The van der Waals surface area contributed by atoms with Gasteiger partial charge in [-0.15, -0.1) is 12.4 Å². The molecule has 1 heterocycles. The third-order valence-electron chi connectivity index (χ3n) is 5.57. The fourth-order valence-corrected chi connectivity index (χ4v) is 5.11. The average Bonchev–Trinajstić information content (AvgIpc) is 3.41. The smallest absolute Gasteiger partial charge is 0.253 e. The number of hydrogen-bond donors (Lipinski definition) is 2. The van der Waals surface area contributed by atoms with E-state index < -0.39 is 10.0 Å². The van der Waals surface area contributed by atoms with Crippen molar-refractivity contribution in [3.63, 3.8) is 0 Å². The summed E-state index contributed by atoms with van der Waals surface area (Å²) in [7, 11) is -3.51. The minimum atomic E-state index is -3.51. The van der Waals surface area contributed by atoms with Crippen LogP contribution in [-0.2, 0) is 10.0 Å². The van der Waals surface area contributed by atoms with Gasteiger partial charge in [-0.25, -0.2) is 13.1 Å². The van der Waals surface area contributed by atoms with Crippen molar-refractivity contribution in [2.45, 2.75) is 29.7 Å². The van der Waals surface area contributed by atoms with E-state index in [2.05, 4.69) is 16.9 Å². The zero-order valence-electron chi connectivity index (χ0n) is 16.0. The van der Waals surface area contributed by atoms with Crippen LogP contribution in [0.15, 0.2) is 59.5 Å². The highest BCUT2D eigenvalue weighted by molar-refractivity contribution is 7.89. The number of carbonyl (C=O) groups excluding carboxylic acids is 1. The lowest BCUT2D eigenvalue weighted by Gasteiger charge is -2.17. The molecule has 2 aliphatic rings. The number of halogens is 1. The summed E-state index contributed by atoms with van der Waals surface area (Å²) in [5.41, 5.74) is 7.65. The Kier molecular flexibility index (Phi) is 6.63. The van der Waals surface area contributed by atoms with Crippen molar-refractivity contribution in [1.29, 1.82) is 0 Å². The van der Waals surface area contributed by atoms with Gasteiger partial charge >= 0.3 is 0 Å². The number of hydrogen-bond acceptors (Lipinski definition) is 4. The largest absolute Gasteiger partial charge is 0.338 e. The number of sulfonamides is 1. The van der Waals surface area contributed by atoms with E-state index in [-0.39, 0.29) is 41.1 Å². The maximum atomic E-state index is 13.0. The second-order valence-electron chi connectivity index (χ2n) is 7.64. The molecule has 29 heavy (non-hydrogen) atoms. The number of nitrogens with zero attached hydrogens (tertiary/aromatic N) is 1. The number of amides is 1. The van der Waals surface area contributed by atoms with E-state index in [1.165, 1.54) is 17.7 Å². The standard InChI is InChI=1S/C21H25N3O3S.ClH/c22-12-17-13-24(14-20(17)15-4-2-1-3-5-15)21(25)16-6-10-19(11-7-16)28(26,27)23-18-8-9-18;/h1-7,10-11,17-18,20,23H,8-9,12-14,22H2;1H/t17-,20+;/m1./s1. The monoisotopic (exact) mass is 435 g/mol. The van der Waals surface area contributed by atoms with Crippen LogP contribution in [0.25, 0.3) is 0 Å². The first kappa shape index (κ1) is 21.8. The maximum absolute atomic E-state index is 13.0. The Bertz CT molecular complexity index is 947. The number of benzene rings is 2. The Labute approximate surface area is 177 Å². The predicted molar refractivity (Wildman–Crippen MR) is 115 cm³/mol. The van der Waals surface area contributed by atoms with E-state index in [1.807, 2.05) is 23.1 Å². The molecule has 0 radical (unpaired) electrons. The van der Waals surface area contributed by atoms with Gasteiger partial charge < -0.3 is 10.6 Å². The Balaban J connectivity index is 0.00000240. The Morgan fingerprint density at radius 1 is 1.03 bits per heavy atom. The van der Waals surface area contributed by atoms with Crippen molar-refractivity contribution < 1.29 is 13.2 Å². The molecule has 1 aliphatic heterocycles. The molecule has 0 unspecified atom stereocenters. The third kappa shape index (κ3) is 4.80. The molecular formula is C21H26ClN3O3S. The topological polar surface area (TPSA) is 92.5 Å². The van der Waals surface area contributed by atoms with Gasteiger partial charge in [0, 0.05) is 30.6 Å². The van der Waals surface area contributed by atoms with Gasteiger partial charge in [-0.3, -0.25) is 4.79 Å². The van der Waals surface area contributed by atoms with Crippen molar-refractivity contribution in [2.75, 3.05) is 19.6 Å². The van der Waals surface area contributed by atoms with Gasteiger partial charge in [0.05, 0.1) is 4.90 Å². The molecule has 2 aromatic rings. The Hall–Kier alpha value is -1.93. The minimum absolute atomic E-state index is 0. The summed E-state index contributed by atoms with van der Waals surface area (Å²) in [5.74, 6) is 0.349. The summed E-state index contributed by atoms with van der Waals surface area (Å²) < 4.78 is 27.2. The second-order valence-corrected chi connectivity index (χ2v) is 9.36. The zero-order valence-corrected chi connectivity index (χ0v) is 17.7. The first-order valence-corrected chi connectivity index (χ1v) is 11.1. The van der Waals surface area contributed by atoms with E-state index in [9.17, 15) is 13.2 Å². The van der Waals surface area contributed by atoms with Crippen LogP contribution in [0.4, 0.5) is 0 Å². The highest BCUT2D eigenvalue weighted by Crippen LogP contribution is 2.33. The van der Waals surface area contributed by atoms with E-state index in [0.29, 0.717) is 25.2 Å². The van der Waals surface area contributed by atoms with Gasteiger partial charge in [-0.05, 0) is 55.1 Å². The molecule has 2 atom stereocenters. The van der Waals surface area contributed by atoms with Gasteiger partial charge in [0.25, 0.3) is 5.91 Å². The van der Waals surface area contributed by atoms with Crippen molar-refractivity contribution in [3.05, 3.63) is 65.7 Å². The molecule has 1 aliphatic carbocycles. The normalized spacial score (nSPS) is 21.6. The lowest BCUT2D eigenvalue weighted by molar-refractivity contribution is 0.0786. The summed E-state index contributed by atoms with van der Waals surface area (Å²) in [6, 6.07) is 16.4. The molecule has 6 nitrogen and oxygen atoms in total. The first-order valence-electron chi connectivity index (χ1n) is 9.64. The molecule has 156 valence electrons. The molecule has 1 saturated heterocycles. The molecule has 1 amide bonds. The lowest BCUT2D eigenvalue weighted by atomic mass is 9.89. The molecular weight excluding hydrogens is 410 g/mol. The molecule has 2 aromatic carbocycles. The average molecular weight is 436 g/mol. The molecule has 4 rings (SSSR count). The van der Waals surface area contributed by atoms with Gasteiger partial charge in [0.15, 0.2) is 0 Å². The zero-order chi connectivity index (χ0) is 19.7. The van der Waals surface area contributed by atoms with Crippen LogP contribution < -0.4 is 10.5 Å². The van der Waals surface area contributed by atoms with Crippen LogP contribution >= 0.6 is 12.4 Å².